The van der Waals surface area contributed by atoms with Crippen molar-refractivity contribution in [2.75, 3.05) is 37.8 Å². The molecule has 0 fully saturated rings. The number of aryl methyl sites for hydroxylation is 2. The Bertz CT molecular complexity index is 625. The van der Waals surface area contributed by atoms with E-state index in [0.717, 1.165) is 31.0 Å². The molecule has 0 spiro atoms. The number of nitrogens with one attached hydrogen (secondary N) is 2. The lowest BCUT2D eigenvalue weighted by molar-refractivity contribution is 0.396. The largest absolute Gasteiger partial charge is 0.370 e. The molecule has 5 nitrogen and oxygen atoms in total. The van der Waals surface area contributed by atoms with Crippen LogP contribution in [0, 0.1) is 13.8 Å². The standard InChI is InChI=1S/C18H27N5/c1-14-7-8-16(13-15(14)2)21-18-20-11-9-17(22-18)19-10-5-6-12-23(3)4/h7-9,11,13H,5-6,10,12H2,1-4H3,(H2,19,20,21,22). The van der Waals surface area contributed by atoms with Gasteiger partial charge in [0.05, 0.1) is 0 Å². The summed E-state index contributed by atoms with van der Waals surface area (Å²) in [5.41, 5.74) is 3.55. The second kappa shape index (κ2) is 8.48. The highest BCUT2D eigenvalue weighted by Crippen LogP contribution is 2.18. The zero-order valence-electron chi connectivity index (χ0n) is 14.6. The molecule has 0 atom stereocenters. The fraction of sp³-hybridized carbons (Fsp3) is 0.444. The van der Waals surface area contributed by atoms with Gasteiger partial charge in [-0.3, -0.25) is 0 Å². The molecule has 2 N–H and O–H groups in total. The highest BCUT2D eigenvalue weighted by atomic mass is 15.1. The monoisotopic (exact) mass is 313 g/mol. The van der Waals surface area contributed by atoms with Gasteiger partial charge in [0.1, 0.15) is 5.82 Å². The van der Waals surface area contributed by atoms with E-state index in [1.165, 1.54) is 17.5 Å². The normalized spacial score (nSPS) is 10.8. The maximum absolute atomic E-state index is 4.51. The van der Waals surface area contributed by atoms with E-state index in [9.17, 15) is 0 Å². The molecular weight excluding hydrogens is 286 g/mol. The van der Waals surface area contributed by atoms with Crippen molar-refractivity contribution in [3.63, 3.8) is 0 Å². The fourth-order valence-corrected chi connectivity index (χ4v) is 2.24. The maximum atomic E-state index is 4.51. The van der Waals surface area contributed by atoms with Crippen LogP contribution in [0.4, 0.5) is 17.5 Å². The number of benzene rings is 1. The Labute approximate surface area is 139 Å². The van der Waals surface area contributed by atoms with Crippen molar-refractivity contribution in [3.8, 4) is 0 Å². The zero-order valence-corrected chi connectivity index (χ0v) is 14.6. The first-order chi connectivity index (χ1) is 11.0. The van der Waals surface area contributed by atoms with Crippen molar-refractivity contribution >= 4 is 17.5 Å². The first-order valence-corrected chi connectivity index (χ1v) is 8.10. The summed E-state index contributed by atoms with van der Waals surface area (Å²) < 4.78 is 0. The Balaban J connectivity index is 1.87. The molecule has 0 amide bonds. The van der Waals surface area contributed by atoms with E-state index in [4.69, 9.17) is 0 Å². The van der Waals surface area contributed by atoms with Crippen LogP contribution in [-0.2, 0) is 0 Å². The summed E-state index contributed by atoms with van der Waals surface area (Å²) in [6.45, 7) is 6.25. The van der Waals surface area contributed by atoms with Gasteiger partial charge in [-0.2, -0.15) is 4.98 Å². The molecule has 0 unspecified atom stereocenters. The minimum Gasteiger partial charge on any atom is -0.370 e. The Kier molecular flexibility index (Phi) is 6.35. The molecule has 124 valence electrons. The molecule has 0 aliphatic carbocycles. The number of nitrogens with zero attached hydrogens (tertiary/aromatic N) is 3. The number of anilines is 3. The van der Waals surface area contributed by atoms with Gasteiger partial charge in [0, 0.05) is 18.4 Å². The average molecular weight is 313 g/mol. The zero-order chi connectivity index (χ0) is 16.7. The molecule has 1 aromatic heterocycles. The third-order valence-electron chi connectivity index (χ3n) is 3.76. The predicted molar refractivity (Wildman–Crippen MR) is 97.5 cm³/mol. The number of hydrogen-bond acceptors (Lipinski definition) is 5. The topological polar surface area (TPSA) is 53.1 Å². The van der Waals surface area contributed by atoms with Crippen LogP contribution in [0.3, 0.4) is 0 Å². The van der Waals surface area contributed by atoms with Gasteiger partial charge < -0.3 is 15.5 Å². The first kappa shape index (κ1) is 17.2. The van der Waals surface area contributed by atoms with E-state index in [0.29, 0.717) is 5.95 Å². The summed E-state index contributed by atoms with van der Waals surface area (Å²) in [5.74, 6) is 1.47. The van der Waals surface area contributed by atoms with Crippen LogP contribution in [-0.4, -0.2) is 42.1 Å². The van der Waals surface area contributed by atoms with E-state index in [2.05, 4.69) is 65.6 Å². The van der Waals surface area contributed by atoms with Gasteiger partial charge in [0.2, 0.25) is 5.95 Å². The van der Waals surface area contributed by atoms with Crippen LogP contribution in [0.15, 0.2) is 30.5 Å². The molecule has 0 radical (unpaired) electrons. The van der Waals surface area contributed by atoms with Crippen LogP contribution in [0.5, 0.6) is 0 Å². The minimum atomic E-state index is 0.617. The lowest BCUT2D eigenvalue weighted by Crippen LogP contribution is -2.14. The summed E-state index contributed by atoms with van der Waals surface area (Å²) in [4.78, 5) is 11.0. The van der Waals surface area contributed by atoms with Gasteiger partial charge >= 0.3 is 0 Å². The van der Waals surface area contributed by atoms with E-state index < -0.39 is 0 Å². The van der Waals surface area contributed by atoms with Crippen LogP contribution in [0.25, 0.3) is 0 Å². The molecule has 0 aliphatic rings. The van der Waals surface area contributed by atoms with E-state index in [-0.39, 0.29) is 0 Å². The van der Waals surface area contributed by atoms with Crippen molar-refractivity contribution in [1.82, 2.24) is 14.9 Å². The lowest BCUT2D eigenvalue weighted by Gasteiger charge is -2.11. The van der Waals surface area contributed by atoms with Crippen molar-refractivity contribution in [1.29, 1.82) is 0 Å². The predicted octanol–water partition coefficient (Wildman–Crippen LogP) is 3.59. The average Bonchev–Trinajstić information content (AvgIpc) is 2.51. The number of unbranched alkanes of at least 4 members (excludes halogenated alkanes) is 1. The Morgan fingerprint density at radius 1 is 1.04 bits per heavy atom. The Morgan fingerprint density at radius 2 is 1.87 bits per heavy atom. The van der Waals surface area contributed by atoms with Gasteiger partial charge in [-0.25, -0.2) is 4.98 Å². The number of aromatic nitrogens is 2. The van der Waals surface area contributed by atoms with E-state index >= 15 is 0 Å². The molecule has 5 heteroatoms. The van der Waals surface area contributed by atoms with Crippen molar-refractivity contribution in [2.45, 2.75) is 26.7 Å². The van der Waals surface area contributed by atoms with Crippen molar-refractivity contribution in [2.24, 2.45) is 0 Å². The van der Waals surface area contributed by atoms with Gasteiger partial charge in [-0.05, 0) is 76.7 Å². The molecule has 1 heterocycles. The summed E-state index contributed by atoms with van der Waals surface area (Å²) in [6, 6.07) is 8.16. The molecule has 0 bridgehead atoms. The van der Waals surface area contributed by atoms with Gasteiger partial charge in [0.25, 0.3) is 0 Å². The fourth-order valence-electron chi connectivity index (χ4n) is 2.24. The highest BCUT2D eigenvalue weighted by molar-refractivity contribution is 5.56. The molecule has 2 rings (SSSR count). The van der Waals surface area contributed by atoms with Crippen LogP contribution in [0.2, 0.25) is 0 Å². The Hall–Kier alpha value is -2.14. The van der Waals surface area contributed by atoms with Gasteiger partial charge in [-0.1, -0.05) is 6.07 Å². The van der Waals surface area contributed by atoms with Crippen LogP contribution >= 0.6 is 0 Å². The minimum absolute atomic E-state index is 0.617. The van der Waals surface area contributed by atoms with Crippen molar-refractivity contribution in [3.05, 3.63) is 41.6 Å². The van der Waals surface area contributed by atoms with E-state index in [1.807, 2.05) is 12.1 Å². The smallest absolute Gasteiger partial charge is 0.229 e. The molecule has 2 aromatic rings. The molecule has 0 aliphatic heterocycles. The van der Waals surface area contributed by atoms with Crippen LogP contribution in [0.1, 0.15) is 24.0 Å². The first-order valence-electron chi connectivity index (χ1n) is 8.10. The molecule has 0 saturated heterocycles. The lowest BCUT2D eigenvalue weighted by atomic mass is 10.1. The Morgan fingerprint density at radius 3 is 2.61 bits per heavy atom. The second-order valence-corrected chi connectivity index (χ2v) is 6.13. The molecular formula is C18H27N5. The summed E-state index contributed by atoms with van der Waals surface area (Å²) >= 11 is 0. The highest BCUT2D eigenvalue weighted by Gasteiger charge is 2.01. The summed E-state index contributed by atoms with van der Waals surface area (Å²) in [6.07, 6.45) is 4.08. The number of hydrogen-bond donors (Lipinski definition) is 2. The quantitative estimate of drug-likeness (QED) is 0.729. The second-order valence-electron chi connectivity index (χ2n) is 6.13. The van der Waals surface area contributed by atoms with E-state index in [1.54, 1.807) is 6.20 Å². The molecule has 23 heavy (non-hydrogen) atoms. The molecule has 0 saturated carbocycles. The SMILES string of the molecule is Cc1ccc(Nc2nccc(NCCCCN(C)C)n2)cc1C. The van der Waals surface area contributed by atoms with Crippen molar-refractivity contribution < 1.29 is 0 Å². The van der Waals surface area contributed by atoms with Gasteiger partial charge in [0.15, 0.2) is 0 Å². The maximum Gasteiger partial charge on any atom is 0.229 e. The van der Waals surface area contributed by atoms with Crippen LogP contribution < -0.4 is 10.6 Å². The summed E-state index contributed by atoms with van der Waals surface area (Å²) in [7, 11) is 4.20. The summed E-state index contributed by atoms with van der Waals surface area (Å²) in [5, 5.41) is 6.62. The molecule has 1 aromatic carbocycles. The number of rotatable bonds is 8. The van der Waals surface area contributed by atoms with Gasteiger partial charge in [-0.15, -0.1) is 0 Å². The third-order valence-corrected chi connectivity index (χ3v) is 3.76. The third kappa shape index (κ3) is 5.87.